The fourth-order valence-electron chi connectivity index (χ4n) is 1.53. The highest BCUT2D eigenvalue weighted by molar-refractivity contribution is 5.38. The van der Waals surface area contributed by atoms with Crippen LogP contribution in [0.4, 0.5) is 5.69 Å². The highest BCUT2D eigenvalue weighted by Crippen LogP contribution is 2.01. The number of nitrogens with one attached hydrogen (secondary N) is 1. The van der Waals surface area contributed by atoms with Crippen LogP contribution in [0.5, 0.6) is 0 Å². The molecule has 6 nitrogen and oxygen atoms in total. The Morgan fingerprint density at radius 2 is 2.28 bits per heavy atom. The fourth-order valence-corrected chi connectivity index (χ4v) is 1.53. The standard InChI is InChI=1S/C12H15N5O/c13-3-5-15-11-6-12(18)17(16-8-11)9-10-2-1-4-14-7-10/h1-2,4,6-8,15H,3,5,9,13H2. The molecule has 2 heterocycles. The number of anilines is 1. The number of nitrogens with zero attached hydrogens (tertiary/aromatic N) is 3. The smallest absolute Gasteiger partial charge is 0.269 e. The van der Waals surface area contributed by atoms with Gasteiger partial charge in [0.15, 0.2) is 0 Å². The summed E-state index contributed by atoms with van der Waals surface area (Å²) >= 11 is 0. The van der Waals surface area contributed by atoms with Crippen LogP contribution >= 0.6 is 0 Å². The molecular formula is C12H15N5O. The van der Waals surface area contributed by atoms with Gasteiger partial charge in [-0.25, -0.2) is 4.68 Å². The summed E-state index contributed by atoms with van der Waals surface area (Å²) in [5.41, 5.74) is 6.85. The molecule has 0 saturated carbocycles. The molecule has 0 bridgehead atoms. The second kappa shape index (κ2) is 5.92. The molecule has 0 aromatic carbocycles. The van der Waals surface area contributed by atoms with E-state index in [0.29, 0.717) is 25.3 Å². The molecule has 2 rings (SSSR count). The molecule has 0 fully saturated rings. The van der Waals surface area contributed by atoms with Gasteiger partial charge in [0.1, 0.15) is 0 Å². The Morgan fingerprint density at radius 3 is 2.94 bits per heavy atom. The summed E-state index contributed by atoms with van der Waals surface area (Å²) in [6.07, 6.45) is 5.03. The number of hydrogen-bond acceptors (Lipinski definition) is 5. The predicted molar refractivity (Wildman–Crippen MR) is 69.4 cm³/mol. The molecule has 3 N–H and O–H groups in total. The lowest BCUT2D eigenvalue weighted by Crippen LogP contribution is -2.24. The minimum atomic E-state index is -0.152. The highest BCUT2D eigenvalue weighted by Gasteiger charge is 2.01. The van der Waals surface area contributed by atoms with Crippen molar-refractivity contribution < 1.29 is 0 Å². The lowest BCUT2D eigenvalue weighted by molar-refractivity contribution is 0.638. The van der Waals surface area contributed by atoms with Crippen LogP contribution in [0, 0.1) is 0 Å². The van der Waals surface area contributed by atoms with E-state index in [1.807, 2.05) is 12.1 Å². The summed E-state index contributed by atoms with van der Waals surface area (Å²) in [6.45, 7) is 1.55. The minimum Gasteiger partial charge on any atom is -0.382 e. The quantitative estimate of drug-likeness (QED) is 0.777. The van der Waals surface area contributed by atoms with E-state index in [1.165, 1.54) is 10.7 Å². The predicted octanol–water partition coefficient (Wildman–Crippen LogP) is 0.0572. The number of aromatic nitrogens is 3. The van der Waals surface area contributed by atoms with Gasteiger partial charge in [0, 0.05) is 31.5 Å². The van der Waals surface area contributed by atoms with Crippen molar-refractivity contribution in [2.75, 3.05) is 18.4 Å². The number of hydrogen-bond donors (Lipinski definition) is 2. The van der Waals surface area contributed by atoms with Crippen LogP contribution in [0.15, 0.2) is 41.6 Å². The first-order valence-electron chi connectivity index (χ1n) is 5.69. The van der Waals surface area contributed by atoms with Gasteiger partial charge in [-0.3, -0.25) is 9.78 Å². The molecule has 0 atom stereocenters. The number of pyridine rings is 1. The Morgan fingerprint density at radius 1 is 1.39 bits per heavy atom. The largest absolute Gasteiger partial charge is 0.382 e. The molecule has 0 unspecified atom stereocenters. The zero-order valence-corrected chi connectivity index (χ0v) is 9.91. The molecule has 6 heteroatoms. The zero-order chi connectivity index (χ0) is 12.8. The lowest BCUT2D eigenvalue weighted by Gasteiger charge is -2.07. The zero-order valence-electron chi connectivity index (χ0n) is 9.91. The van der Waals surface area contributed by atoms with E-state index >= 15 is 0 Å². The molecule has 0 spiro atoms. The van der Waals surface area contributed by atoms with E-state index in [9.17, 15) is 4.79 Å². The van der Waals surface area contributed by atoms with Gasteiger partial charge in [0.2, 0.25) is 0 Å². The third-order valence-corrected chi connectivity index (χ3v) is 2.40. The van der Waals surface area contributed by atoms with E-state index in [1.54, 1.807) is 18.6 Å². The minimum absolute atomic E-state index is 0.152. The summed E-state index contributed by atoms with van der Waals surface area (Å²) < 4.78 is 1.39. The summed E-state index contributed by atoms with van der Waals surface area (Å²) in [5.74, 6) is 0. The van der Waals surface area contributed by atoms with Gasteiger partial charge in [0.25, 0.3) is 5.56 Å². The Hall–Kier alpha value is -2.21. The van der Waals surface area contributed by atoms with Crippen molar-refractivity contribution in [2.45, 2.75) is 6.54 Å². The Kier molecular flexibility index (Phi) is 4.03. The highest BCUT2D eigenvalue weighted by atomic mass is 16.1. The molecule has 94 valence electrons. The Labute approximate surface area is 104 Å². The van der Waals surface area contributed by atoms with Gasteiger partial charge in [-0.2, -0.15) is 5.10 Å². The van der Waals surface area contributed by atoms with Crippen molar-refractivity contribution in [1.29, 1.82) is 0 Å². The lowest BCUT2D eigenvalue weighted by atomic mass is 10.3. The van der Waals surface area contributed by atoms with E-state index < -0.39 is 0 Å². The summed E-state index contributed by atoms with van der Waals surface area (Å²) in [4.78, 5) is 15.8. The average Bonchev–Trinajstić information content (AvgIpc) is 2.40. The molecule has 0 amide bonds. The number of nitrogens with two attached hydrogens (primary N) is 1. The van der Waals surface area contributed by atoms with E-state index in [4.69, 9.17) is 5.73 Å². The summed E-state index contributed by atoms with van der Waals surface area (Å²) in [5, 5.41) is 7.11. The van der Waals surface area contributed by atoms with Crippen molar-refractivity contribution in [3.63, 3.8) is 0 Å². The number of rotatable bonds is 5. The normalized spacial score (nSPS) is 10.3. The van der Waals surface area contributed by atoms with Crippen LogP contribution in [-0.4, -0.2) is 27.9 Å². The van der Waals surface area contributed by atoms with Crippen LogP contribution < -0.4 is 16.6 Å². The summed E-state index contributed by atoms with van der Waals surface area (Å²) in [6, 6.07) is 5.25. The third-order valence-electron chi connectivity index (χ3n) is 2.40. The molecular weight excluding hydrogens is 230 g/mol. The van der Waals surface area contributed by atoms with Crippen LogP contribution in [0.3, 0.4) is 0 Å². The third kappa shape index (κ3) is 3.14. The van der Waals surface area contributed by atoms with Gasteiger partial charge in [-0.15, -0.1) is 0 Å². The van der Waals surface area contributed by atoms with Crippen molar-refractivity contribution >= 4 is 5.69 Å². The van der Waals surface area contributed by atoms with Gasteiger partial charge >= 0.3 is 0 Å². The Balaban J connectivity index is 2.13. The van der Waals surface area contributed by atoms with Crippen LogP contribution in [0.25, 0.3) is 0 Å². The maximum Gasteiger partial charge on any atom is 0.269 e. The molecule has 0 aliphatic rings. The van der Waals surface area contributed by atoms with Crippen molar-refractivity contribution in [3.05, 3.63) is 52.7 Å². The van der Waals surface area contributed by atoms with Crippen LogP contribution in [0.2, 0.25) is 0 Å². The van der Waals surface area contributed by atoms with Crippen LogP contribution in [0.1, 0.15) is 5.56 Å². The van der Waals surface area contributed by atoms with Gasteiger partial charge in [-0.05, 0) is 11.6 Å². The summed E-state index contributed by atoms with van der Waals surface area (Å²) in [7, 11) is 0. The second-order valence-electron chi connectivity index (χ2n) is 3.82. The molecule has 18 heavy (non-hydrogen) atoms. The monoisotopic (exact) mass is 245 g/mol. The first-order chi connectivity index (χ1) is 8.79. The van der Waals surface area contributed by atoms with E-state index in [2.05, 4.69) is 15.4 Å². The van der Waals surface area contributed by atoms with Gasteiger partial charge in [0.05, 0.1) is 18.4 Å². The van der Waals surface area contributed by atoms with Crippen molar-refractivity contribution in [2.24, 2.45) is 5.73 Å². The molecule has 0 aliphatic heterocycles. The molecule has 2 aromatic heterocycles. The Bertz CT molecular complexity index is 552. The second-order valence-corrected chi connectivity index (χ2v) is 3.82. The van der Waals surface area contributed by atoms with Crippen molar-refractivity contribution in [1.82, 2.24) is 14.8 Å². The first-order valence-corrected chi connectivity index (χ1v) is 5.69. The fraction of sp³-hybridized carbons (Fsp3) is 0.250. The molecule has 0 saturated heterocycles. The molecule has 0 radical (unpaired) electrons. The molecule has 2 aromatic rings. The topological polar surface area (TPSA) is 85.8 Å². The van der Waals surface area contributed by atoms with E-state index in [-0.39, 0.29) is 5.56 Å². The molecule has 0 aliphatic carbocycles. The SMILES string of the molecule is NCCNc1cnn(Cc2cccnc2)c(=O)c1. The van der Waals surface area contributed by atoms with Crippen molar-refractivity contribution in [3.8, 4) is 0 Å². The average molecular weight is 245 g/mol. The maximum absolute atomic E-state index is 11.8. The maximum atomic E-state index is 11.8. The first kappa shape index (κ1) is 12.3. The van der Waals surface area contributed by atoms with Gasteiger partial charge in [-0.1, -0.05) is 6.07 Å². The van der Waals surface area contributed by atoms with E-state index in [0.717, 1.165) is 5.56 Å². The van der Waals surface area contributed by atoms with Crippen LogP contribution in [-0.2, 0) is 6.54 Å². The van der Waals surface area contributed by atoms with Gasteiger partial charge < -0.3 is 11.1 Å².